The molecule has 0 bridgehead atoms. The minimum atomic E-state index is -0.166. The van der Waals surface area contributed by atoms with Gasteiger partial charge in [-0.25, -0.2) is 0 Å². The summed E-state index contributed by atoms with van der Waals surface area (Å²) in [5.41, 5.74) is 7.50. The fraction of sp³-hybridized carbons (Fsp3) is 0.618. The van der Waals surface area contributed by atoms with Crippen LogP contribution in [0.4, 0.5) is 0 Å². The second kappa shape index (κ2) is 15.2. The second-order valence-electron chi connectivity index (χ2n) is 11.6. The molecule has 0 saturated heterocycles. The first-order chi connectivity index (χ1) is 17.5. The fourth-order valence-corrected chi connectivity index (χ4v) is 5.00. The van der Waals surface area contributed by atoms with Crippen molar-refractivity contribution >= 4 is 5.97 Å². The number of allylic oxidation sites excluding steroid dienone is 6. The van der Waals surface area contributed by atoms with Gasteiger partial charge in [0.25, 0.3) is 0 Å². The van der Waals surface area contributed by atoms with E-state index in [1.165, 1.54) is 22.3 Å². The van der Waals surface area contributed by atoms with Crippen LogP contribution in [0.15, 0.2) is 41.0 Å². The Kier molecular flexibility index (Phi) is 12.7. The molecule has 37 heavy (non-hydrogen) atoms. The molecular formula is C34H52O3. The van der Waals surface area contributed by atoms with Crippen molar-refractivity contribution in [2.24, 2.45) is 0 Å². The molecule has 1 aliphatic heterocycles. The Bertz CT molecular complexity index is 991. The van der Waals surface area contributed by atoms with Gasteiger partial charge < -0.3 is 9.47 Å². The number of rotatable bonds is 14. The molecule has 206 valence electrons. The predicted octanol–water partition coefficient (Wildman–Crippen LogP) is 10.1. The van der Waals surface area contributed by atoms with Crippen molar-refractivity contribution in [3.05, 3.63) is 57.7 Å². The zero-order valence-corrected chi connectivity index (χ0v) is 25.0. The van der Waals surface area contributed by atoms with Crippen LogP contribution in [0.3, 0.4) is 0 Å². The van der Waals surface area contributed by atoms with Crippen LogP contribution >= 0.6 is 0 Å². The zero-order chi connectivity index (χ0) is 27.4. The van der Waals surface area contributed by atoms with E-state index in [1.807, 2.05) is 6.07 Å². The maximum atomic E-state index is 12.3. The van der Waals surface area contributed by atoms with Crippen molar-refractivity contribution in [1.29, 1.82) is 0 Å². The minimum Gasteiger partial charge on any atom is -0.487 e. The van der Waals surface area contributed by atoms with Crippen molar-refractivity contribution in [3.63, 3.8) is 0 Å². The summed E-state index contributed by atoms with van der Waals surface area (Å²) < 4.78 is 12.4. The van der Waals surface area contributed by atoms with E-state index >= 15 is 0 Å². The van der Waals surface area contributed by atoms with Crippen molar-refractivity contribution < 1.29 is 14.3 Å². The highest BCUT2D eigenvalue weighted by Gasteiger charge is 2.33. The normalized spacial score (nSPS) is 17.7. The van der Waals surface area contributed by atoms with Gasteiger partial charge in [-0.05, 0) is 123 Å². The first-order valence-electron chi connectivity index (χ1n) is 14.5. The number of esters is 1. The number of carbonyl (C=O) groups excluding carboxylic acids is 1. The highest BCUT2D eigenvalue weighted by molar-refractivity contribution is 5.73. The molecule has 1 atom stereocenters. The number of fused-ring (bicyclic) bond motifs is 1. The lowest BCUT2D eigenvalue weighted by atomic mass is 9.86. The standard InChI is InChI=1S/C34H52O3/c1-9-10-11-20-32(35)36-31-24-28(6)33-30(29(31)7)21-23-34(8,37-33)22-14-19-27(5)18-13-17-26(4)16-12-15-25(2)3/h15,17,19,24H,9-14,16,18,20-23H2,1-8H3/b26-17+,27-19+. The van der Waals surface area contributed by atoms with E-state index in [0.717, 1.165) is 87.5 Å². The maximum Gasteiger partial charge on any atom is 0.311 e. The molecule has 3 nitrogen and oxygen atoms in total. The Labute approximate surface area is 227 Å². The summed E-state index contributed by atoms with van der Waals surface area (Å²) in [6, 6.07) is 1.98. The molecule has 1 heterocycles. The summed E-state index contributed by atoms with van der Waals surface area (Å²) >= 11 is 0. The molecule has 2 rings (SSSR count). The van der Waals surface area contributed by atoms with E-state index in [1.54, 1.807) is 0 Å². The van der Waals surface area contributed by atoms with Gasteiger partial charge in [0.2, 0.25) is 0 Å². The van der Waals surface area contributed by atoms with Gasteiger partial charge in [-0.15, -0.1) is 0 Å². The van der Waals surface area contributed by atoms with Crippen molar-refractivity contribution in [2.75, 3.05) is 0 Å². The number of unbranched alkanes of at least 4 members (excludes halogenated alkanes) is 2. The molecule has 0 aromatic heterocycles. The van der Waals surface area contributed by atoms with Gasteiger partial charge in [-0.1, -0.05) is 54.7 Å². The van der Waals surface area contributed by atoms with Crippen LogP contribution in [-0.4, -0.2) is 11.6 Å². The molecule has 0 spiro atoms. The smallest absolute Gasteiger partial charge is 0.311 e. The third-order valence-corrected chi connectivity index (χ3v) is 7.55. The lowest BCUT2D eigenvalue weighted by Gasteiger charge is -2.37. The van der Waals surface area contributed by atoms with Gasteiger partial charge in [0.15, 0.2) is 0 Å². The van der Waals surface area contributed by atoms with Crippen LogP contribution in [0.5, 0.6) is 11.5 Å². The van der Waals surface area contributed by atoms with Gasteiger partial charge in [-0.3, -0.25) is 4.79 Å². The van der Waals surface area contributed by atoms with E-state index in [0.29, 0.717) is 12.2 Å². The summed E-state index contributed by atoms with van der Waals surface area (Å²) in [6.45, 7) is 17.3. The number of aryl methyl sites for hydroxylation is 1. The highest BCUT2D eigenvalue weighted by atomic mass is 16.5. The van der Waals surface area contributed by atoms with Gasteiger partial charge in [0.1, 0.15) is 17.1 Å². The highest BCUT2D eigenvalue weighted by Crippen LogP contribution is 2.42. The van der Waals surface area contributed by atoms with E-state index < -0.39 is 0 Å². The number of hydrogen-bond acceptors (Lipinski definition) is 3. The molecule has 0 amide bonds. The SMILES string of the molecule is CCCCCC(=O)Oc1cc(C)c2c(c1C)CCC(C)(CC/C=C(\C)CC/C=C(\C)CCC=C(C)C)O2. The minimum absolute atomic E-state index is 0.131. The predicted molar refractivity (Wildman–Crippen MR) is 158 cm³/mol. The van der Waals surface area contributed by atoms with E-state index in [2.05, 4.69) is 73.6 Å². The third kappa shape index (κ3) is 10.5. The molecule has 3 heteroatoms. The molecule has 1 unspecified atom stereocenters. The van der Waals surface area contributed by atoms with Gasteiger partial charge >= 0.3 is 5.97 Å². The summed E-state index contributed by atoms with van der Waals surface area (Å²) in [6.07, 6.45) is 19.2. The fourth-order valence-electron chi connectivity index (χ4n) is 5.00. The van der Waals surface area contributed by atoms with Crippen molar-refractivity contribution in [3.8, 4) is 11.5 Å². The summed E-state index contributed by atoms with van der Waals surface area (Å²) in [4.78, 5) is 12.3. The number of carbonyl (C=O) groups is 1. The molecule has 1 aromatic carbocycles. The average molecular weight is 509 g/mol. The van der Waals surface area contributed by atoms with Crippen LogP contribution < -0.4 is 9.47 Å². The Morgan fingerprint density at radius 1 is 0.973 bits per heavy atom. The largest absolute Gasteiger partial charge is 0.487 e. The average Bonchev–Trinajstić information content (AvgIpc) is 2.82. The maximum absolute atomic E-state index is 12.3. The topological polar surface area (TPSA) is 35.5 Å². The van der Waals surface area contributed by atoms with Crippen LogP contribution in [0.25, 0.3) is 0 Å². The first kappa shape index (κ1) is 30.9. The van der Waals surface area contributed by atoms with Gasteiger partial charge in [0.05, 0.1) is 0 Å². The quantitative estimate of drug-likeness (QED) is 0.108. The molecule has 0 radical (unpaired) electrons. The van der Waals surface area contributed by atoms with Crippen molar-refractivity contribution in [1.82, 2.24) is 0 Å². The van der Waals surface area contributed by atoms with Crippen LogP contribution in [0.1, 0.15) is 129 Å². The second-order valence-corrected chi connectivity index (χ2v) is 11.6. The molecule has 0 N–H and O–H groups in total. The molecule has 0 fully saturated rings. The Balaban J connectivity index is 1.90. The third-order valence-electron chi connectivity index (χ3n) is 7.55. The molecule has 1 aliphatic rings. The Morgan fingerprint density at radius 2 is 1.62 bits per heavy atom. The summed E-state index contributed by atoms with van der Waals surface area (Å²) in [7, 11) is 0. The number of hydrogen-bond donors (Lipinski definition) is 0. The molecule has 0 aliphatic carbocycles. The Morgan fingerprint density at radius 3 is 2.27 bits per heavy atom. The lowest BCUT2D eigenvalue weighted by molar-refractivity contribution is -0.134. The van der Waals surface area contributed by atoms with Crippen LogP contribution in [0.2, 0.25) is 0 Å². The van der Waals surface area contributed by atoms with Crippen LogP contribution in [0, 0.1) is 13.8 Å². The van der Waals surface area contributed by atoms with E-state index in [9.17, 15) is 4.79 Å². The number of ether oxygens (including phenoxy) is 2. The molecule has 1 aromatic rings. The van der Waals surface area contributed by atoms with Crippen molar-refractivity contribution in [2.45, 2.75) is 138 Å². The first-order valence-corrected chi connectivity index (χ1v) is 14.5. The van der Waals surface area contributed by atoms with Gasteiger partial charge in [0, 0.05) is 12.0 Å². The monoisotopic (exact) mass is 508 g/mol. The lowest BCUT2D eigenvalue weighted by Crippen LogP contribution is -2.36. The van der Waals surface area contributed by atoms with Gasteiger partial charge in [-0.2, -0.15) is 0 Å². The summed E-state index contributed by atoms with van der Waals surface area (Å²) in [5, 5.41) is 0. The zero-order valence-electron chi connectivity index (χ0n) is 25.0. The van der Waals surface area contributed by atoms with Crippen LogP contribution in [-0.2, 0) is 11.2 Å². The van der Waals surface area contributed by atoms with E-state index in [4.69, 9.17) is 9.47 Å². The van der Waals surface area contributed by atoms with E-state index in [-0.39, 0.29) is 11.6 Å². The molecular weight excluding hydrogens is 456 g/mol. The Hall–Kier alpha value is -2.29. The number of benzene rings is 1. The summed E-state index contributed by atoms with van der Waals surface area (Å²) in [5.74, 6) is 1.56. The molecule has 0 saturated carbocycles.